The number of halogens is 1. The lowest BCUT2D eigenvalue weighted by Crippen LogP contribution is -2.32. The quantitative estimate of drug-likeness (QED) is 0.773. The van der Waals surface area contributed by atoms with Crippen LogP contribution in [0.25, 0.3) is 0 Å². The summed E-state index contributed by atoms with van der Waals surface area (Å²) < 4.78 is 28.1. The van der Waals surface area contributed by atoms with Gasteiger partial charge in [-0.25, -0.2) is 8.42 Å². The van der Waals surface area contributed by atoms with Crippen molar-refractivity contribution in [2.45, 2.75) is 24.3 Å². The Morgan fingerprint density at radius 2 is 2.21 bits per heavy atom. The van der Waals surface area contributed by atoms with E-state index in [2.05, 4.69) is 5.10 Å². The van der Waals surface area contributed by atoms with E-state index < -0.39 is 10.0 Å². The SMILES string of the molecule is O=S(=O)(c1cnn(CCCCl)c1)N1CCCSCC1. The van der Waals surface area contributed by atoms with E-state index in [1.54, 1.807) is 26.9 Å². The molecule has 0 bridgehead atoms. The molecule has 2 heterocycles. The molecule has 0 saturated carbocycles. The third-order valence-electron chi connectivity index (χ3n) is 2.95. The molecule has 5 nitrogen and oxygen atoms in total. The largest absolute Gasteiger partial charge is 0.271 e. The molecule has 1 aliphatic heterocycles. The highest BCUT2D eigenvalue weighted by molar-refractivity contribution is 7.99. The van der Waals surface area contributed by atoms with Gasteiger partial charge in [0.25, 0.3) is 0 Å². The van der Waals surface area contributed by atoms with E-state index in [0.717, 1.165) is 24.3 Å². The highest BCUT2D eigenvalue weighted by Gasteiger charge is 2.26. The number of nitrogens with zero attached hydrogens (tertiary/aromatic N) is 3. The van der Waals surface area contributed by atoms with Gasteiger partial charge in [-0.3, -0.25) is 4.68 Å². The number of sulfonamides is 1. The second-order valence-corrected chi connectivity index (χ2v) is 7.89. The van der Waals surface area contributed by atoms with Crippen LogP contribution in [0.5, 0.6) is 0 Å². The van der Waals surface area contributed by atoms with Gasteiger partial charge in [-0.2, -0.15) is 21.2 Å². The number of alkyl halides is 1. The van der Waals surface area contributed by atoms with E-state index in [4.69, 9.17) is 11.6 Å². The van der Waals surface area contributed by atoms with Crippen LogP contribution in [-0.4, -0.2) is 53.0 Å². The third kappa shape index (κ3) is 3.87. The molecule has 0 atom stereocenters. The molecule has 2 rings (SSSR count). The second kappa shape index (κ2) is 6.97. The summed E-state index contributed by atoms with van der Waals surface area (Å²) in [5, 5.41) is 4.09. The number of hydrogen-bond acceptors (Lipinski definition) is 4. The summed E-state index contributed by atoms with van der Waals surface area (Å²) in [4.78, 5) is 0.286. The summed E-state index contributed by atoms with van der Waals surface area (Å²) in [6, 6.07) is 0. The van der Waals surface area contributed by atoms with E-state index in [0.29, 0.717) is 25.5 Å². The topological polar surface area (TPSA) is 55.2 Å². The molecule has 0 unspecified atom stereocenters. The first-order valence-electron chi connectivity index (χ1n) is 6.31. The van der Waals surface area contributed by atoms with Crippen molar-refractivity contribution >= 4 is 33.4 Å². The second-order valence-electron chi connectivity index (χ2n) is 4.35. The first-order valence-corrected chi connectivity index (χ1v) is 9.44. The number of thioether (sulfide) groups is 1. The average molecular weight is 324 g/mol. The van der Waals surface area contributed by atoms with Gasteiger partial charge in [0.15, 0.2) is 0 Å². The van der Waals surface area contributed by atoms with Gasteiger partial charge in [-0.15, -0.1) is 11.6 Å². The van der Waals surface area contributed by atoms with Crippen molar-refractivity contribution in [1.82, 2.24) is 14.1 Å². The Kier molecular flexibility index (Phi) is 5.56. The van der Waals surface area contributed by atoms with Gasteiger partial charge in [0.2, 0.25) is 10.0 Å². The van der Waals surface area contributed by atoms with Crippen molar-refractivity contribution in [1.29, 1.82) is 0 Å². The van der Waals surface area contributed by atoms with Gasteiger partial charge in [0, 0.05) is 37.5 Å². The summed E-state index contributed by atoms with van der Waals surface area (Å²) in [7, 11) is -3.39. The van der Waals surface area contributed by atoms with Crippen molar-refractivity contribution in [3.8, 4) is 0 Å². The van der Waals surface area contributed by atoms with Crippen molar-refractivity contribution < 1.29 is 8.42 Å². The molecule has 8 heteroatoms. The molecule has 0 aliphatic carbocycles. The maximum Gasteiger partial charge on any atom is 0.246 e. The summed E-state index contributed by atoms with van der Waals surface area (Å²) in [5.74, 6) is 2.44. The number of rotatable bonds is 5. The zero-order chi connectivity index (χ0) is 13.7. The summed E-state index contributed by atoms with van der Waals surface area (Å²) in [6.45, 7) is 1.83. The molecule has 108 valence electrons. The number of aryl methyl sites for hydroxylation is 1. The summed E-state index contributed by atoms with van der Waals surface area (Å²) >= 11 is 7.42. The molecule has 0 amide bonds. The van der Waals surface area contributed by atoms with Crippen LogP contribution in [0.1, 0.15) is 12.8 Å². The van der Waals surface area contributed by atoms with Crippen LogP contribution in [0.3, 0.4) is 0 Å². The first kappa shape index (κ1) is 15.2. The molecular weight excluding hydrogens is 306 g/mol. The van der Waals surface area contributed by atoms with Crippen LogP contribution < -0.4 is 0 Å². The van der Waals surface area contributed by atoms with Crippen molar-refractivity contribution in [2.24, 2.45) is 0 Å². The minimum Gasteiger partial charge on any atom is -0.271 e. The van der Waals surface area contributed by atoms with Crippen molar-refractivity contribution in [2.75, 3.05) is 30.5 Å². The van der Waals surface area contributed by atoms with Crippen LogP contribution in [0, 0.1) is 0 Å². The lowest BCUT2D eigenvalue weighted by atomic mass is 10.5. The van der Waals surface area contributed by atoms with Crippen molar-refractivity contribution in [3.05, 3.63) is 12.4 Å². The highest BCUT2D eigenvalue weighted by atomic mass is 35.5. The molecule has 0 radical (unpaired) electrons. The molecular formula is C11H18ClN3O2S2. The normalized spacial score (nSPS) is 18.4. The Labute approximate surface area is 123 Å². The Morgan fingerprint density at radius 1 is 1.37 bits per heavy atom. The van der Waals surface area contributed by atoms with E-state index in [1.807, 2.05) is 0 Å². The average Bonchev–Trinajstić information content (AvgIpc) is 2.70. The van der Waals surface area contributed by atoms with Crippen LogP contribution in [-0.2, 0) is 16.6 Å². The monoisotopic (exact) mass is 323 g/mol. The first-order chi connectivity index (χ1) is 9.14. The molecule has 0 N–H and O–H groups in total. The number of hydrogen-bond donors (Lipinski definition) is 0. The van der Waals surface area contributed by atoms with Crippen molar-refractivity contribution in [3.63, 3.8) is 0 Å². The van der Waals surface area contributed by atoms with Crippen LogP contribution in [0.2, 0.25) is 0 Å². The standard InChI is InChI=1S/C11H18ClN3O2S2/c12-3-1-4-14-10-11(9-13-14)19(16,17)15-5-2-7-18-8-6-15/h9-10H,1-8H2. The Balaban J connectivity index is 2.11. The summed E-state index contributed by atoms with van der Waals surface area (Å²) in [6.07, 6.45) is 4.72. The Morgan fingerprint density at radius 3 is 3.00 bits per heavy atom. The van der Waals surface area contributed by atoms with Crippen LogP contribution in [0.4, 0.5) is 0 Å². The zero-order valence-corrected chi connectivity index (χ0v) is 13.1. The zero-order valence-electron chi connectivity index (χ0n) is 10.7. The fraction of sp³-hybridized carbons (Fsp3) is 0.727. The molecule has 1 fully saturated rings. The van der Waals surface area contributed by atoms with Gasteiger partial charge in [-0.1, -0.05) is 0 Å². The third-order valence-corrected chi connectivity index (χ3v) is 6.12. The predicted molar refractivity (Wildman–Crippen MR) is 78.3 cm³/mol. The van der Waals surface area contributed by atoms with Gasteiger partial charge in [0.05, 0.1) is 6.20 Å². The highest BCUT2D eigenvalue weighted by Crippen LogP contribution is 2.19. The maximum absolute atomic E-state index is 12.5. The van der Waals surface area contributed by atoms with Crippen LogP contribution >= 0.6 is 23.4 Å². The van der Waals surface area contributed by atoms with E-state index in [1.165, 1.54) is 6.20 Å². The van der Waals surface area contributed by atoms with Gasteiger partial charge < -0.3 is 0 Å². The smallest absolute Gasteiger partial charge is 0.246 e. The fourth-order valence-electron chi connectivity index (χ4n) is 1.93. The lowest BCUT2D eigenvalue weighted by molar-refractivity contribution is 0.435. The van der Waals surface area contributed by atoms with E-state index in [-0.39, 0.29) is 4.90 Å². The maximum atomic E-state index is 12.5. The minimum atomic E-state index is -3.39. The van der Waals surface area contributed by atoms with Crippen LogP contribution in [0.15, 0.2) is 17.3 Å². The fourth-order valence-corrected chi connectivity index (χ4v) is 4.49. The van der Waals surface area contributed by atoms with Gasteiger partial charge in [-0.05, 0) is 18.6 Å². The summed E-state index contributed by atoms with van der Waals surface area (Å²) in [5.41, 5.74) is 0. The van der Waals surface area contributed by atoms with E-state index in [9.17, 15) is 8.42 Å². The van der Waals surface area contributed by atoms with Gasteiger partial charge >= 0.3 is 0 Å². The molecule has 1 saturated heterocycles. The molecule has 19 heavy (non-hydrogen) atoms. The molecule has 1 aromatic rings. The lowest BCUT2D eigenvalue weighted by Gasteiger charge is -2.18. The predicted octanol–water partition coefficient (Wildman–Crippen LogP) is 1.64. The molecule has 1 aromatic heterocycles. The molecule has 1 aliphatic rings. The Bertz CT molecular complexity index is 496. The Hall–Kier alpha value is -0.240. The molecule has 0 aromatic carbocycles. The minimum absolute atomic E-state index is 0.286. The van der Waals surface area contributed by atoms with Gasteiger partial charge in [0.1, 0.15) is 4.90 Å². The van der Waals surface area contributed by atoms with E-state index >= 15 is 0 Å². The number of aromatic nitrogens is 2. The molecule has 0 spiro atoms.